The Balaban J connectivity index is 1.85. The lowest BCUT2D eigenvalue weighted by atomic mass is 10.1. The van der Waals surface area contributed by atoms with E-state index in [2.05, 4.69) is 0 Å². The number of hydrogen-bond donors (Lipinski definition) is 1. The number of carboxylic acids is 1. The summed E-state index contributed by atoms with van der Waals surface area (Å²) in [5.74, 6) is -1.92. The third-order valence-electron chi connectivity index (χ3n) is 3.35. The number of esters is 1. The minimum atomic E-state index is -0.903. The minimum absolute atomic E-state index is 0.151. The van der Waals surface area contributed by atoms with Gasteiger partial charge in [-0.1, -0.05) is 6.92 Å². The molecule has 6 nitrogen and oxygen atoms in total. The molecule has 3 atom stereocenters. The minimum Gasteiger partial charge on any atom is -0.481 e. The van der Waals surface area contributed by atoms with Crippen molar-refractivity contribution in [3.8, 4) is 0 Å². The number of likely N-dealkylation sites (tertiary alicyclic amines) is 1. The first-order valence-corrected chi connectivity index (χ1v) is 5.72. The lowest BCUT2D eigenvalue weighted by molar-refractivity contribution is -0.157. The molecule has 0 saturated carbocycles. The summed E-state index contributed by atoms with van der Waals surface area (Å²) in [7, 11) is 0. The van der Waals surface area contributed by atoms with E-state index in [-0.39, 0.29) is 24.4 Å². The summed E-state index contributed by atoms with van der Waals surface area (Å²) in [4.78, 5) is 35.3. The summed E-state index contributed by atoms with van der Waals surface area (Å²) in [6, 6.07) is -0.437. The van der Waals surface area contributed by atoms with Crippen LogP contribution in [0.25, 0.3) is 0 Å². The van der Waals surface area contributed by atoms with Gasteiger partial charge in [-0.15, -0.1) is 0 Å². The number of nitrogens with zero attached hydrogens (tertiary/aromatic N) is 1. The zero-order valence-corrected chi connectivity index (χ0v) is 9.59. The molecule has 0 aliphatic carbocycles. The Hall–Kier alpha value is -1.59. The van der Waals surface area contributed by atoms with Crippen LogP contribution in [0.15, 0.2) is 0 Å². The lowest BCUT2D eigenvalue weighted by Gasteiger charge is -2.25. The second-order valence-electron chi connectivity index (χ2n) is 4.63. The SMILES string of the molecule is C[C@@H](CCC(=O)N1C[C@H]2C[C@H]1C(=O)O2)C(=O)O. The van der Waals surface area contributed by atoms with E-state index in [0.29, 0.717) is 19.4 Å². The number of hydrogen-bond acceptors (Lipinski definition) is 4. The van der Waals surface area contributed by atoms with Gasteiger partial charge in [0.1, 0.15) is 12.1 Å². The molecular weight excluding hydrogens is 226 g/mol. The first-order chi connectivity index (χ1) is 7.99. The summed E-state index contributed by atoms with van der Waals surface area (Å²) < 4.78 is 4.98. The van der Waals surface area contributed by atoms with Crippen molar-refractivity contribution < 1.29 is 24.2 Å². The van der Waals surface area contributed by atoms with E-state index in [1.807, 2.05) is 0 Å². The summed E-state index contributed by atoms with van der Waals surface area (Å²) in [6.45, 7) is 2.02. The van der Waals surface area contributed by atoms with Crippen molar-refractivity contribution in [1.29, 1.82) is 0 Å². The second-order valence-corrected chi connectivity index (χ2v) is 4.63. The molecular formula is C11H15NO5. The molecule has 0 aromatic carbocycles. The normalized spacial score (nSPS) is 28.1. The maximum Gasteiger partial charge on any atom is 0.329 e. The standard InChI is InChI=1S/C11H15NO5/c1-6(10(14)15)2-3-9(13)12-5-7-4-8(12)11(16)17-7/h6-8H,2-5H2,1H3,(H,14,15)/t6-,7+,8-/m0/s1. The Morgan fingerprint density at radius 3 is 2.82 bits per heavy atom. The molecule has 94 valence electrons. The number of morpholine rings is 1. The molecule has 0 spiro atoms. The second kappa shape index (κ2) is 4.35. The molecule has 2 heterocycles. The number of rotatable bonds is 4. The molecule has 0 radical (unpaired) electrons. The van der Waals surface area contributed by atoms with Gasteiger partial charge in [-0.25, -0.2) is 4.79 Å². The Morgan fingerprint density at radius 1 is 1.59 bits per heavy atom. The van der Waals surface area contributed by atoms with Crippen LogP contribution in [0.3, 0.4) is 0 Å². The predicted octanol–water partition coefficient (Wildman–Crippen LogP) is 0.0136. The molecule has 1 N–H and O–H groups in total. The number of carbonyl (C=O) groups excluding carboxylic acids is 2. The molecule has 1 amide bonds. The maximum absolute atomic E-state index is 11.8. The first kappa shape index (κ1) is 11.9. The molecule has 2 aliphatic rings. The van der Waals surface area contributed by atoms with Gasteiger partial charge in [0.05, 0.1) is 12.5 Å². The van der Waals surface area contributed by atoms with Crippen LogP contribution >= 0.6 is 0 Å². The van der Waals surface area contributed by atoms with Gasteiger partial charge in [0, 0.05) is 12.8 Å². The number of carbonyl (C=O) groups is 3. The molecule has 6 heteroatoms. The highest BCUT2D eigenvalue weighted by Gasteiger charge is 2.48. The third kappa shape index (κ3) is 2.25. The van der Waals surface area contributed by atoms with Crippen molar-refractivity contribution in [1.82, 2.24) is 4.90 Å². The molecule has 2 rings (SSSR count). The molecule has 2 fully saturated rings. The largest absolute Gasteiger partial charge is 0.481 e. The van der Waals surface area contributed by atoms with Crippen molar-refractivity contribution >= 4 is 17.8 Å². The molecule has 0 unspecified atom stereocenters. The smallest absolute Gasteiger partial charge is 0.329 e. The molecule has 2 bridgehead atoms. The Morgan fingerprint density at radius 2 is 2.29 bits per heavy atom. The third-order valence-corrected chi connectivity index (χ3v) is 3.35. The Labute approximate surface area is 98.5 Å². The van der Waals surface area contributed by atoms with E-state index >= 15 is 0 Å². The van der Waals surface area contributed by atoms with Gasteiger partial charge < -0.3 is 14.7 Å². The van der Waals surface area contributed by atoms with Crippen LogP contribution in [-0.2, 0) is 19.1 Å². The summed E-state index contributed by atoms with van der Waals surface area (Å²) in [5, 5.41) is 8.71. The average Bonchev–Trinajstić information content (AvgIpc) is 2.83. The van der Waals surface area contributed by atoms with E-state index in [4.69, 9.17) is 9.84 Å². The highest BCUT2D eigenvalue weighted by molar-refractivity contribution is 5.87. The van der Waals surface area contributed by atoms with Crippen LogP contribution in [0.5, 0.6) is 0 Å². The zero-order chi connectivity index (χ0) is 12.6. The summed E-state index contributed by atoms with van der Waals surface area (Å²) in [5.41, 5.74) is 0. The van der Waals surface area contributed by atoms with Crippen LogP contribution in [0.2, 0.25) is 0 Å². The topological polar surface area (TPSA) is 83.9 Å². The molecule has 17 heavy (non-hydrogen) atoms. The Bertz CT molecular complexity index is 367. The molecule has 2 saturated heterocycles. The van der Waals surface area contributed by atoms with Crippen LogP contribution in [-0.4, -0.2) is 46.5 Å². The number of amides is 1. The molecule has 0 aromatic heterocycles. The maximum atomic E-state index is 11.8. The van der Waals surface area contributed by atoms with Gasteiger partial charge in [-0.3, -0.25) is 9.59 Å². The van der Waals surface area contributed by atoms with Gasteiger partial charge in [0.15, 0.2) is 0 Å². The van der Waals surface area contributed by atoms with Crippen molar-refractivity contribution in [3.63, 3.8) is 0 Å². The highest BCUT2D eigenvalue weighted by Crippen LogP contribution is 2.29. The molecule has 0 aromatic rings. The quantitative estimate of drug-likeness (QED) is 0.701. The highest BCUT2D eigenvalue weighted by atomic mass is 16.6. The fourth-order valence-corrected chi connectivity index (χ4v) is 2.23. The van der Waals surface area contributed by atoms with Crippen LogP contribution in [0.1, 0.15) is 26.2 Å². The molecule has 2 aliphatic heterocycles. The summed E-state index contributed by atoms with van der Waals surface area (Å²) in [6.07, 6.45) is 0.897. The van der Waals surface area contributed by atoms with Crippen molar-refractivity contribution in [2.75, 3.05) is 6.54 Å². The summed E-state index contributed by atoms with van der Waals surface area (Å²) >= 11 is 0. The van der Waals surface area contributed by atoms with E-state index < -0.39 is 17.9 Å². The van der Waals surface area contributed by atoms with Crippen molar-refractivity contribution in [2.45, 2.75) is 38.3 Å². The van der Waals surface area contributed by atoms with Gasteiger partial charge in [0.2, 0.25) is 5.91 Å². The number of fused-ring (bicyclic) bond motifs is 2. The lowest BCUT2D eigenvalue weighted by Crippen LogP contribution is -2.44. The van der Waals surface area contributed by atoms with Gasteiger partial charge >= 0.3 is 11.9 Å². The van der Waals surface area contributed by atoms with Crippen LogP contribution in [0, 0.1) is 5.92 Å². The number of carboxylic acid groups (broad SMARTS) is 1. The van der Waals surface area contributed by atoms with Gasteiger partial charge in [0.25, 0.3) is 0 Å². The fourth-order valence-electron chi connectivity index (χ4n) is 2.23. The first-order valence-electron chi connectivity index (χ1n) is 5.72. The van der Waals surface area contributed by atoms with E-state index in [9.17, 15) is 14.4 Å². The van der Waals surface area contributed by atoms with Gasteiger partial charge in [-0.05, 0) is 6.42 Å². The fraction of sp³-hybridized carbons (Fsp3) is 0.727. The van der Waals surface area contributed by atoms with Crippen LogP contribution in [0.4, 0.5) is 0 Å². The zero-order valence-electron chi connectivity index (χ0n) is 9.59. The van der Waals surface area contributed by atoms with Crippen molar-refractivity contribution in [2.24, 2.45) is 5.92 Å². The van der Waals surface area contributed by atoms with Crippen molar-refractivity contribution in [3.05, 3.63) is 0 Å². The van der Waals surface area contributed by atoms with E-state index in [0.717, 1.165) is 0 Å². The predicted molar refractivity (Wildman–Crippen MR) is 56.0 cm³/mol. The number of ether oxygens (including phenoxy) is 1. The monoisotopic (exact) mass is 241 g/mol. The van der Waals surface area contributed by atoms with Gasteiger partial charge in [-0.2, -0.15) is 0 Å². The van der Waals surface area contributed by atoms with E-state index in [1.165, 1.54) is 4.90 Å². The Kier molecular flexibility index (Phi) is 3.04. The average molecular weight is 241 g/mol. The van der Waals surface area contributed by atoms with E-state index in [1.54, 1.807) is 6.92 Å². The number of aliphatic carboxylic acids is 1. The van der Waals surface area contributed by atoms with Crippen LogP contribution < -0.4 is 0 Å².